The molecule has 0 bridgehead atoms. The molecule has 0 spiro atoms. The lowest BCUT2D eigenvalue weighted by Gasteiger charge is -2.12. The van der Waals surface area contributed by atoms with Crippen molar-refractivity contribution in [1.82, 2.24) is 10.0 Å². The number of β-amino-alcohol motifs (C(OH)–C–C–N with tert-alkyl or cyclic N) is 1. The fraction of sp³-hybridized carbons (Fsp3) is 1.00. The number of rotatable bonds is 3. The van der Waals surface area contributed by atoms with Crippen LogP contribution in [0.3, 0.4) is 0 Å². The molecular formula is C6H14N2O3S. The monoisotopic (exact) mass is 194 g/mol. The van der Waals surface area contributed by atoms with Gasteiger partial charge in [-0.25, -0.2) is 13.1 Å². The molecule has 0 amide bonds. The second kappa shape index (κ2) is 3.69. The summed E-state index contributed by atoms with van der Waals surface area (Å²) < 4.78 is 23.7. The van der Waals surface area contributed by atoms with Crippen LogP contribution >= 0.6 is 0 Å². The lowest BCUT2D eigenvalue weighted by atomic mass is 10.1. The molecule has 5 nitrogen and oxygen atoms in total. The number of nitrogens with one attached hydrogen (secondary N) is 2. The highest BCUT2D eigenvalue weighted by Crippen LogP contribution is 2.06. The van der Waals surface area contributed by atoms with Crippen molar-refractivity contribution in [3.8, 4) is 0 Å². The van der Waals surface area contributed by atoms with Crippen molar-refractivity contribution in [3.63, 3.8) is 0 Å². The Morgan fingerprint density at radius 3 is 2.67 bits per heavy atom. The van der Waals surface area contributed by atoms with E-state index in [2.05, 4.69) is 10.0 Å². The summed E-state index contributed by atoms with van der Waals surface area (Å²) in [5.41, 5.74) is 0. The Kier molecular flexibility index (Phi) is 3.05. The van der Waals surface area contributed by atoms with Gasteiger partial charge in [-0.2, -0.15) is 0 Å². The quantitative estimate of drug-likeness (QED) is 0.491. The number of aliphatic hydroxyl groups excluding tert-OH is 1. The molecule has 1 rings (SSSR count). The maximum atomic E-state index is 10.7. The summed E-state index contributed by atoms with van der Waals surface area (Å²) in [6, 6.07) is 0. The molecule has 12 heavy (non-hydrogen) atoms. The molecule has 0 aromatic carbocycles. The topological polar surface area (TPSA) is 78.4 Å². The number of sulfonamides is 1. The zero-order valence-corrected chi connectivity index (χ0v) is 7.76. The molecule has 0 aromatic heterocycles. The van der Waals surface area contributed by atoms with E-state index in [1.54, 1.807) is 0 Å². The fourth-order valence-electron chi connectivity index (χ4n) is 1.19. The maximum absolute atomic E-state index is 10.7. The summed E-state index contributed by atoms with van der Waals surface area (Å²) in [6.07, 6.45) is 0.682. The van der Waals surface area contributed by atoms with Gasteiger partial charge in [-0.1, -0.05) is 0 Å². The van der Waals surface area contributed by atoms with Gasteiger partial charge in [0, 0.05) is 25.6 Å². The van der Waals surface area contributed by atoms with Gasteiger partial charge in [-0.3, -0.25) is 0 Å². The normalized spacial score (nSPS) is 30.8. The van der Waals surface area contributed by atoms with Crippen LogP contribution < -0.4 is 10.0 Å². The van der Waals surface area contributed by atoms with Gasteiger partial charge in [0.25, 0.3) is 0 Å². The van der Waals surface area contributed by atoms with E-state index in [0.717, 1.165) is 6.26 Å². The van der Waals surface area contributed by atoms with Crippen molar-refractivity contribution in [3.05, 3.63) is 0 Å². The van der Waals surface area contributed by atoms with E-state index in [1.807, 2.05) is 0 Å². The number of hydrogen-bond donors (Lipinski definition) is 3. The minimum absolute atomic E-state index is 0.000255. The number of hydrogen-bond acceptors (Lipinski definition) is 4. The van der Waals surface area contributed by atoms with Crippen molar-refractivity contribution < 1.29 is 13.5 Å². The van der Waals surface area contributed by atoms with Gasteiger partial charge in [0.1, 0.15) is 0 Å². The first-order valence-corrected chi connectivity index (χ1v) is 5.71. The van der Waals surface area contributed by atoms with Crippen LogP contribution in [0.2, 0.25) is 0 Å². The lowest BCUT2D eigenvalue weighted by molar-refractivity contribution is 0.149. The number of aliphatic hydroxyl groups is 1. The minimum atomic E-state index is -3.12. The fourth-order valence-corrected chi connectivity index (χ4v) is 1.70. The molecule has 1 aliphatic rings. The largest absolute Gasteiger partial charge is 0.391 e. The van der Waals surface area contributed by atoms with Crippen LogP contribution in [0.5, 0.6) is 0 Å². The molecule has 0 saturated carbocycles. The van der Waals surface area contributed by atoms with Crippen LogP contribution in [0, 0.1) is 5.92 Å². The Balaban J connectivity index is 2.32. The first kappa shape index (κ1) is 9.91. The van der Waals surface area contributed by atoms with Crippen molar-refractivity contribution in [2.75, 3.05) is 25.9 Å². The van der Waals surface area contributed by atoms with Gasteiger partial charge in [0.05, 0.1) is 12.4 Å². The molecule has 2 unspecified atom stereocenters. The second-order valence-corrected chi connectivity index (χ2v) is 4.94. The summed E-state index contributed by atoms with van der Waals surface area (Å²) in [6.45, 7) is 1.53. The van der Waals surface area contributed by atoms with E-state index >= 15 is 0 Å². The van der Waals surface area contributed by atoms with E-state index in [-0.39, 0.29) is 5.92 Å². The molecule has 0 radical (unpaired) electrons. The molecule has 1 aliphatic heterocycles. The van der Waals surface area contributed by atoms with Gasteiger partial charge in [-0.15, -0.1) is 0 Å². The Labute approximate surface area is 72.2 Å². The summed E-state index contributed by atoms with van der Waals surface area (Å²) in [5, 5.41) is 12.3. The lowest BCUT2D eigenvalue weighted by Crippen LogP contribution is -2.33. The van der Waals surface area contributed by atoms with Crippen LogP contribution in [0.4, 0.5) is 0 Å². The SMILES string of the molecule is CS(=O)(=O)NCC1CNCC1O. The molecule has 0 aromatic rings. The second-order valence-electron chi connectivity index (χ2n) is 3.11. The van der Waals surface area contributed by atoms with Crippen molar-refractivity contribution >= 4 is 10.0 Å². The third kappa shape index (κ3) is 3.06. The summed E-state index contributed by atoms with van der Waals surface area (Å²) in [7, 11) is -3.12. The molecule has 72 valence electrons. The van der Waals surface area contributed by atoms with Crippen LogP contribution in [-0.2, 0) is 10.0 Å². The molecule has 1 saturated heterocycles. The van der Waals surface area contributed by atoms with Gasteiger partial charge in [0.2, 0.25) is 10.0 Å². The van der Waals surface area contributed by atoms with E-state index < -0.39 is 16.1 Å². The molecule has 3 N–H and O–H groups in total. The summed E-state index contributed by atoms with van der Waals surface area (Å²) in [5.74, 6) is -0.000255. The highest BCUT2D eigenvalue weighted by atomic mass is 32.2. The third-order valence-electron chi connectivity index (χ3n) is 1.91. The Bertz CT molecular complexity index is 239. The molecule has 0 aliphatic carbocycles. The van der Waals surface area contributed by atoms with Gasteiger partial charge < -0.3 is 10.4 Å². The first-order valence-electron chi connectivity index (χ1n) is 3.82. The molecular weight excluding hydrogens is 180 g/mol. The van der Waals surface area contributed by atoms with Crippen molar-refractivity contribution in [2.45, 2.75) is 6.10 Å². The predicted octanol–water partition coefficient (Wildman–Crippen LogP) is -1.88. The molecule has 1 fully saturated rings. The highest BCUT2D eigenvalue weighted by molar-refractivity contribution is 7.88. The van der Waals surface area contributed by atoms with Crippen LogP contribution in [-0.4, -0.2) is 45.5 Å². The van der Waals surface area contributed by atoms with Crippen LogP contribution in [0.1, 0.15) is 0 Å². The van der Waals surface area contributed by atoms with E-state index in [4.69, 9.17) is 0 Å². The Hall–Kier alpha value is -0.170. The first-order chi connectivity index (χ1) is 5.49. The van der Waals surface area contributed by atoms with E-state index in [1.165, 1.54) is 0 Å². The van der Waals surface area contributed by atoms with Crippen LogP contribution in [0.15, 0.2) is 0 Å². The van der Waals surface area contributed by atoms with Crippen LogP contribution in [0.25, 0.3) is 0 Å². The Morgan fingerprint density at radius 2 is 2.25 bits per heavy atom. The summed E-state index contributed by atoms with van der Waals surface area (Å²) >= 11 is 0. The minimum Gasteiger partial charge on any atom is -0.391 e. The molecule has 6 heteroatoms. The maximum Gasteiger partial charge on any atom is 0.208 e. The average molecular weight is 194 g/mol. The Morgan fingerprint density at radius 1 is 1.58 bits per heavy atom. The van der Waals surface area contributed by atoms with E-state index in [0.29, 0.717) is 19.6 Å². The third-order valence-corrected chi connectivity index (χ3v) is 2.60. The van der Waals surface area contributed by atoms with Gasteiger partial charge in [0.15, 0.2) is 0 Å². The molecule has 1 heterocycles. The zero-order valence-electron chi connectivity index (χ0n) is 6.95. The highest BCUT2D eigenvalue weighted by Gasteiger charge is 2.25. The summed E-state index contributed by atoms with van der Waals surface area (Å²) in [4.78, 5) is 0. The smallest absolute Gasteiger partial charge is 0.208 e. The van der Waals surface area contributed by atoms with Gasteiger partial charge in [-0.05, 0) is 0 Å². The average Bonchev–Trinajstić information content (AvgIpc) is 2.29. The van der Waals surface area contributed by atoms with Crippen molar-refractivity contribution in [1.29, 1.82) is 0 Å². The van der Waals surface area contributed by atoms with Gasteiger partial charge >= 0.3 is 0 Å². The van der Waals surface area contributed by atoms with E-state index in [9.17, 15) is 13.5 Å². The van der Waals surface area contributed by atoms with Crippen molar-refractivity contribution in [2.24, 2.45) is 5.92 Å². The zero-order chi connectivity index (χ0) is 9.19. The molecule has 2 atom stereocenters. The standard InChI is InChI=1S/C6H14N2O3S/c1-12(10,11)8-3-5-2-7-4-6(5)9/h5-9H,2-4H2,1H3. The predicted molar refractivity (Wildman–Crippen MR) is 45.2 cm³/mol.